The van der Waals surface area contributed by atoms with E-state index in [1.807, 2.05) is 25.9 Å². The predicted octanol–water partition coefficient (Wildman–Crippen LogP) is 3.87. The zero-order valence-electron chi connectivity index (χ0n) is 13.0. The molecule has 0 aliphatic heterocycles. The van der Waals surface area contributed by atoms with E-state index in [-0.39, 0.29) is 0 Å². The van der Waals surface area contributed by atoms with Crippen LogP contribution in [0, 0.1) is 34.6 Å². The van der Waals surface area contributed by atoms with Crippen LogP contribution < -0.4 is 4.74 Å². The molecule has 1 heterocycles. The maximum atomic E-state index is 6.01. The normalized spacial score (nSPS) is 11.6. The standard InChI is InChI=1S/C16H23NO2/c1-9-10(2)15(18-8-17(6)7)14-12(4)13(5)19-16(14)11(9)3/h8H2,1-7H3. The minimum Gasteiger partial charge on any atom is -0.477 e. The minimum absolute atomic E-state index is 0.572. The molecule has 0 fully saturated rings. The lowest BCUT2D eigenvalue weighted by Crippen LogP contribution is -2.19. The average Bonchev–Trinajstić information content (AvgIpc) is 2.64. The number of nitrogens with zero attached hydrogens (tertiary/aromatic N) is 1. The molecule has 0 N–H and O–H groups in total. The molecule has 0 saturated carbocycles. The first-order chi connectivity index (χ1) is 8.84. The first kappa shape index (κ1) is 13.9. The Balaban J connectivity index is 2.72. The fourth-order valence-electron chi connectivity index (χ4n) is 2.35. The monoisotopic (exact) mass is 261 g/mol. The summed E-state index contributed by atoms with van der Waals surface area (Å²) in [5.74, 6) is 1.93. The zero-order chi connectivity index (χ0) is 14.3. The summed E-state index contributed by atoms with van der Waals surface area (Å²) in [4.78, 5) is 2.02. The van der Waals surface area contributed by atoms with Crippen LogP contribution in [0.4, 0.5) is 0 Å². The molecule has 2 aromatic rings. The first-order valence-corrected chi connectivity index (χ1v) is 6.61. The van der Waals surface area contributed by atoms with Crippen LogP contribution in [0.2, 0.25) is 0 Å². The molecular formula is C16H23NO2. The van der Waals surface area contributed by atoms with E-state index in [1.165, 1.54) is 22.3 Å². The lowest BCUT2D eigenvalue weighted by molar-refractivity contribution is 0.180. The Morgan fingerprint density at radius 3 is 2.11 bits per heavy atom. The van der Waals surface area contributed by atoms with Gasteiger partial charge in [-0.1, -0.05) is 0 Å². The summed E-state index contributed by atoms with van der Waals surface area (Å²) in [5, 5.41) is 1.12. The van der Waals surface area contributed by atoms with Gasteiger partial charge in [0, 0.05) is 5.56 Å². The number of rotatable bonds is 3. The summed E-state index contributed by atoms with van der Waals surface area (Å²) >= 11 is 0. The van der Waals surface area contributed by atoms with E-state index in [4.69, 9.17) is 9.15 Å². The highest BCUT2D eigenvalue weighted by Gasteiger charge is 2.19. The van der Waals surface area contributed by atoms with Crippen molar-refractivity contribution in [2.45, 2.75) is 34.6 Å². The zero-order valence-corrected chi connectivity index (χ0v) is 13.0. The second kappa shape index (κ2) is 4.89. The van der Waals surface area contributed by atoms with Crippen molar-refractivity contribution in [1.29, 1.82) is 0 Å². The van der Waals surface area contributed by atoms with Gasteiger partial charge in [0.15, 0.2) is 0 Å². The van der Waals surface area contributed by atoms with Crippen molar-refractivity contribution in [2.75, 3.05) is 20.8 Å². The quantitative estimate of drug-likeness (QED) is 0.784. The van der Waals surface area contributed by atoms with Gasteiger partial charge in [0.05, 0.1) is 5.39 Å². The fourth-order valence-corrected chi connectivity index (χ4v) is 2.35. The first-order valence-electron chi connectivity index (χ1n) is 6.61. The third kappa shape index (κ3) is 2.23. The van der Waals surface area contributed by atoms with Gasteiger partial charge in [-0.3, -0.25) is 4.90 Å². The fraction of sp³-hybridized carbons (Fsp3) is 0.500. The molecular weight excluding hydrogens is 238 g/mol. The maximum Gasteiger partial charge on any atom is 0.141 e. The van der Waals surface area contributed by atoms with Crippen LogP contribution in [0.5, 0.6) is 5.75 Å². The molecule has 0 unspecified atom stereocenters. The topological polar surface area (TPSA) is 25.6 Å². The summed E-state index contributed by atoms with van der Waals surface area (Å²) < 4.78 is 11.9. The lowest BCUT2D eigenvalue weighted by atomic mass is 9.98. The molecule has 0 radical (unpaired) electrons. The van der Waals surface area contributed by atoms with Crippen LogP contribution in [0.3, 0.4) is 0 Å². The van der Waals surface area contributed by atoms with Crippen LogP contribution in [0.1, 0.15) is 28.0 Å². The molecule has 0 amide bonds. The van der Waals surface area contributed by atoms with Gasteiger partial charge in [-0.2, -0.15) is 0 Å². The maximum absolute atomic E-state index is 6.01. The average molecular weight is 261 g/mol. The second-order valence-corrected chi connectivity index (χ2v) is 5.54. The van der Waals surface area contributed by atoms with Crippen molar-refractivity contribution in [1.82, 2.24) is 4.90 Å². The second-order valence-electron chi connectivity index (χ2n) is 5.54. The van der Waals surface area contributed by atoms with Crippen LogP contribution in [-0.4, -0.2) is 25.7 Å². The molecule has 0 saturated heterocycles. The Kier molecular flexibility index (Phi) is 3.59. The molecule has 3 heteroatoms. The van der Waals surface area contributed by atoms with Crippen molar-refractivity contribution < 1.29 is 9.15 Å². The van der Waals surface area contributed by atoms with Gasteiger partial charge in [-0.25, -0.2) is 0 Å². The van der Waals surface area contributed by atoms with E-state index in [2.05, 4.69) is 27.7 Å². The number of ether oxygens (including phenoxy) is 1. The SMILES string of the molecule is Cc1oc2c(C)c(C)c(C)c(OCN(C)C)c2c1C. The largest absolute Gasteiger partial charge is 0.477 e. The summed E-state index contributed by atoms with van der Waals surface area (Å²) in [6.45, 7) is 11.0. The molecule has 0 spiro atoms. The Bertz CT molecular complexity index is 624. The predicted molar refractivity (Wildman–Crippen MR) is 79.1 cm³/mol. The molecule has 19 heavy (non-hydrogen) atoms. The Hall–Kier alpha value is -1.48. The third-order valence-corrected chi connectivity index (χ3v) is 3.89. The molecule has 1 aromatic heterocycles. The molecule has 0 aliphatic carbocycles. The Labute approximate surface area is 115 Å². The van der Waals surface area contributed by atoms with Crippen LogP contribution in [0.25, 0.3) is 11.0 Å². The van der Waals surface area contributed by atoms with E-state index in [9.17, 15) is 0 Å². The molecule has 1 aromatic carbocycles. The van der Waals surface area contributed by atoms with E-state index >= 15 is 0 Å². The Morgan fingerprint density at radius 2 is 1.53 bits per heavy atom. The van der Waals surface area contributed by atoms with E-state index in [0.29, 0.717) is 6.73 Å². The number of fused-ring (bicyclic) bond motifs is 1. The summed E-state index contributed by atoms with van der Waals surface area (Å²) in [7, 11) is 4.00. The van der Waals surface area contributed by atoms with E-state index in [1.54, 1.807) is 0 Å². The summed E-state index contributed by atoms with van der Waals surface area (Å²) in [6, 6.07) is 0. The number of hydrogen-bond donors (Lipinski definition) is 0. The van der Waals surface area contributed by atoms with Crippen molar-refractivity contribution in [3.63, 3.8) is 0 Å². The van der Waals surface area contributed by atoms with Crippen LogP contribution >= 0.6 is 0 Å². The highest BCUT2D eigenvalue weighted by atomic mass is 16.5. The van der Waals surface area contributed by atoms with Gasteiger partial charge in [0.2, 0.25) is 0 Å². The van der Waals surface area contributed by atoms with Crippen molar-refractivity contribution in [3.05, 3.63) is 28.0 Å². The van der Waals surface area contributed by atoms with Crippen molar-refractivity contribution in [3.8, 4) is 5.75 Å². The number of benzene rings is 1. The number of aryl methyl sites for hydroxylation is 3. The highest BCUT2D eigenvalue weighted by Crippen LogP contribution is 2.39. The van der Waals surface area contributed by atoms with Gasteiger partial charge >= 0.3 is 0 Å². The van der Waals surface area contributed by atoms with Gasteiger partial charge < -0.3 is 9.15 Å². The van der Waals surface area contributed by atoms with Crippen LogP contribution in [0.15, 0.2) is 4.42 Å². The van der Waals surface area contributed by atoms with Gasteiger partial charge in [-0.05, 0) is 65.4 Å². The third-order valence-electron chi connectivity index (χ3n) is 3.89. The van der Waals surface area contributed by atoms with Gasteiger partial charge in [0.1, 0.15) is 23.8 Å². The molecule has 2 rings (SSSR count). The Morgan fingerprint density at radius 1 is 0.895 bits per heavy atom. The molecule has 0 bridgehead atoms. The smallest absolute Gasteiger partial charge is 0.141 e. The van der Waals surface area contributed by atoms with Gasteiger partial charge in [0.25, 0.3) is 0 Å². The lowest BCUT2D eigenvalue weighted by Gasteiger charge is -2.17. The molecule has 0 atom stereocenters. The van der Waals surface area contributed by atoms with Crippen molar-refractivity contribution in [2.24, 2.45) is 0 Å². The summed E-state index contributed by atoms with van der Waals surface area (Å²) in [5.41, 5.74) is 5.80. The van der Waals surface area contributed by atoms with Crippen molar-refractivity contribution >= 4 is 11.0 Å². The number of furan rings is 1. The van der Waals surface area contributed by atoms with Crippen LogP contribution in [-0.2, 0) is 0 Å². The molecule has 0 aliphatic rings. The highest BCUT2D eigenvalue weighted by molar-refractivity contribution is 5.93. The minimum atomic E-state index is 0.572. The van der Waals surface area contributed by atoms with Gasteiger partial charge in [-0.15, -0.1) is 0 Å². The summed E-state index contributed by atoms with van der Waals surface area (Å²) in [6.07, 6.45) is 0. The van der Waals surface area contributed by atoms with E-state index in [0.717, 1.165) is 22.5 Å². The molecule has 104 valence electrons. The molecule has 3 nitrogen and oxygen atoms in total. The number of hydrogen-bond acceptors (Lipinski definition) is 3. The van der Waals surface area contributed by atoms with E-state index < -0.39 is 0 Å².